The Labute approximate surface area is 76.5 Å². The van der Waals surface area contributed by atoms with E-state index in [9.17, 15) is 0 Å². The SMILES string of the molecule is CC(C)(C)COCC(C)(C)CN. The molecule has 0 aromatic carbocycles. The molecule has 0 saturated heterocycles. The predicted octanol–water partition coefficient (Wildman–Crippen LogP) is 2.03. The van der Waals surface area contributed by atoms with Crippen LogP contribution in [0.2, 0.25) is 0 Å². The third-order valence-electron chi connectivity index (χ3n) is 1.58. The lowest BCUT2D eigenvalue weighted by Crippen LogP contribution is -2.30. The molecule has 0 saturated carbocycles. The van der Waals surface area contributed by atoms with Gasteiger partial charge in [0, 0.05) is 5.41 Å². The first-order chi connectivity index (χ1) is 5.27. The van der Waals surface area contributed by atoms with Crippen molar-refractivity contribution in [1.29, 1.82) is 0 Å². The van der Waals surface area contributed by atoms with E-state index in [1.807, 2.05) is 0 Å². The highest BCUT2D eigenvalue weighted by Crippen LogP contribution is 2.17. The Kier molecular flexibility index (Phi) is 4.21. The summed E-state index contributed by atoms with van der Waals surface area (Å²) in [5.74, 6) is 0. The van der Waals surface area contributed by atoms with Gasteiger partial charge in [0.1, 0.15) is 0 Å². The maximum atomic E-state index is 5.58. The van der Waals surface area contributed by atoms with Crippen LogP contribution in [-0.4, -0.2) is 19.8 Å². The number of ether oxygens (including phenoxy) is 1. The Balaban J connectivity index is 3.57. The number of hydrogen-bond donors (Lipinski definition) is 1. The predicted molar refractivity (Wildman–Crippen MR) is 53.1 cm³/mol. The van der Waals surface area contributed by atoms with Gasteiger partial charge in [-0.3, -0.25) is 0 Å². The average Bonchev–Trinajstić information content (AvgIpc) is 1.84. The molecule has 0 aliphatic heterocycles. The topological polar surface area (TPSA) is 35.2 Å². The van der Waals surface area contributed by atoms with Crippen LogP contribution in [-0.2, 0) is 4.74 Å². The Morgan fingerprint density at radius 3 is 1.83 bits per heavy atom. The molecule has 0 aliphatic rings. The van der Waals surface area contributed by atoms with Gasteiger partial charge in [0.05, 0.1) is 13.2 Å². The van der Waals surface area contributed by atoms with E-state index in [1.54, 1.807) is 0 Å². The summed E-state index contributed by atoms with van der Waals surface area (Å²) in [5.41, 5.74) is 5.95. The molecule has 0 aliphatic carbocycles. The van der Waals surface area contributed by atoms with E-state index in [0.29, 0.717) is 6.54 Å². The van der Waals surface area contributed by atoms with Gasteiger partial charge >= 0.3 is 0 Å². The van der Waals surface area contributed by atoms with E-state index in [-0.39, 0.29) is 10.8 Å². The van der Waals surface area contributed by atoms with Crippen molar-refractivity contribution in [2.45, 2.75) is 34.6 Å². The maximum absolute atomic E-state index is 5.58. The van der Waals surface area contributed by atoms with Crippen molar-refractivity contribution in [1.82, 2.24) is 0 Å². The minimum absolute atomic E-state index is 0.116. The average molecular weight is 173 g/mol. The zero-order valence-corrected chi connectivity index (χ0v) is 9.11. The van der Waals surface area contributed by atoms with Crippen molar-refractivity contribution < 1.29 is 4.74 Å². The normalized spacial score (nSPS) is 13.5. The standard InChI is InChI=1S/C10H23NO/c1-9(2,3)7-12-8-10(4,5)6-11/h6-8,11H2,1-5H3. The van der Waals surface area contributed by atoms with Crippen molar-refractivity contribution >= 4 is 0 Å². The summed E-state index contributed by atoms with van der Waals surface area (Å²) in [5, 5.41) is 0. The van der Waals surface area contributed by atoms with Gasteiger partial charge in [0.2, 0.25) is 0 Å². The van der Waals surface area contributed by atoms with Gasteiger partial charge in [-0.25, -0.2) is 0 Å². The first-order valence-corrected chi connectivity index (χ1v) is 4.55. The van der Waals surface area contributed by atoms with Crippen molar-refractivity contribution in [3.63, 3.8) is 0 Å². The van der Waals surface area contributed by atoms with E-state index in [0.717, 1.165) is 13.2 Å². The molecule has 12 heavy (non-hydrogen) atoms. The summed E-state index contributed by atoms with van der Waals surface area (Å²) < 4.78 is 5.57. The van der Waals surface area contributed by atoms with Gasteiger partial charge in [-0.15, -0.1) is 0 Å². The number of hydrogen-bond acceptors (Lipinski definition) is 2. The van der Waals surface area contributed by atoms with Crippen LogP contribution in [0.25, 0.3) is 0 Å². The van der Waals surface area contributed by atoms with E-state index in [1.165, 1.54) is 0 Å². The highest BCUT2D eigenvalue weighted by Gasteiger charge is 2.17. The molecule has 2 N–H and O–H groups in total. The highest BCUT2D eigenvalue weighted by atomic mass is 16.5. The molecule has 2 nitrogen and oxygen atoms in total. The molecule has 0 aromatic heterocycles. The Morgan fingerprint density at radius 1 is 1.00 bits per heavy atom. The minimum atomic E-state index is 0.116. The van der Waals surface area contributed by atoms with Crippen LogP contribution in [0.15, 0.2) is 0 Å². The van der Waals surface area contributed by atoms with Gasteiger partial charge in [-0.2, -0.15) is 0 Å². The van der Waals surface area contributed by atoms with E-state index in [2.05, 4.69) is 34.6 Å². The fourth-order valence-corrected chi connectivity index (χ4v) is 0.692. The van der Waals surface area contributed by atoms with Crippen molar-refractivity contribution in [2.24, 2.45) is 16.6 Å². The second kappa shape index (κ2) is 4.24. The third-order valence-corrected chi connectivity index (χ3v) is 1.58. The molecule has 0 rings (SSSR count). The molecule has 0 atom stereocenters. The van der Waals surface area contributed by atoms with E-state index in [4.69, 9.17) is 10.5 Å². The monoisotopic (exact) mass is 173 g/mol. The van der Waals surface area contributed by atoms with Crippen LogP contribution in [0.3, 0.4) is 0 Å². The van der Waals surface area contributed by atoms with Crippen LogP contribution in [0, 0.1) is 10.8 Å². The molecule has 0 spiro atoms. The largest absolute Gasteiger partial charge is 0.380 e. The Morgan fingerprint density at radius 2 is 1.50 bits per heavy atom. The maximum Gasteiger partial charge on any atom is 0.0529 e. The second-order valence-corrected chi connectivity index (χ2v) is 5.42. The summed E-state index contributed by atoms with van der Waals surface area (Å²) in [6.07, 6.45) is 0. The fourth-order valence-electron chi connectivity index (χ4n) is 0.692. The van der Waals surface area contributed by atoms with Crippen LogP contribution < -0.4 is 5.73 Å². The third kappa shape index (κ3) is 6.62. The lowest BCUT2D eigenvalue weighted by Gasteiger charge is -2.25. The summed E-state index contributed by atoms with van der Waals surface area (Å²) in [7, 11) is 0. The molecule has 0 heterocycles. The van der Waals surface area contributed by atoms with E-state index < -0.39 is 0 Å². The molecular weight excluding hydrogens is 150 g/mol. The quantitative estimate of drug-likeness (QED) is 0.706. The summed E-state index contributed by atoms with van der Waals surface area (Å²) in [4.78, 5) is 0. The molecule has 0 fully saturated rings. The molecule has 0 aromatic rings. The smallest absolute Gasteiger partial charge is 0.0529 e. The lowest BCUT2D eigenvalue weighted by molar-refractivity contribution is 0.0242. The molecule has 0 amide bonds. The zero-order chi connectivity index (χ0) is 9.83. The first kappa shape index (κ1) is 11.9. The summed E-state index contributed by atoms with van der Waals surface area (Å²) in [6.45, 7) is 13.0. The summed E-state index contributed by atoms with van der Waals surface area (Å²) in [6, 6.07) is 0. The Bertz CT molecular complexity index is 124. The number of rotatable bonds is 4. The van der Waals surface area contributed by atoms with Crippen LogP contribution in [0.4, 0.5) is 0 Å². The lowest BCUT2D eigenvalue weighted by atomic mass is 9.94. The van der Waals surface area contributed by atoms with Gasteiger partial charge in [-0.05, 0) is 12.0 Å². The van der Waals surface area contributed by atoms with Gasteiger partial charge in [-0.1, -0.05) is 34.6 Å². The van der Waals surface area contributed by atoms with Crippen LogP contribution in [0.1, 0.15) is 34.6 Å². The summed E-state index contributed by atoms with van der Waals surface area (Å²) >= 11 is 0. The van der Waals surface area contributed by atoms with Crippen LogP contribution >= 0.6 is 0 Å². The van der Waals surface area contributed by atoms with Crippen molar-refractivity contribution in [2.75, 3.05) is 19.8 Å². The van der Waals surface area contributed by atoms with Gasteiger partial charge in [0.25, 0.3) is 0 Å². The van der Waals surface area contributed by atoms with Gasteiger partial charge < -0.3 is 10.5 Å². The zero-order valence-electron chi connectivity index (χ0n) is 9.11. The molecule has 74 valence electrons. The molecular formula is C10H23NO. The van der Waals surface area contributed by atoms with Gasteiger partial charge in [0.15, 0.2) is 0 Å². The van der Waals surface area contributed by atoms with Crippen molar-refractivity contribution in [3.8, 4) is 0 Å². The van der Waals surface area contributed by atoms with E-state index >= 15 is 0 Å². The fraction of sp³-hybridized carbons (Fsp3) is 1.00. The molecule has 2 heteroatoms. The second-order valence-electron chi connectivity index (χ2n) is 5.42. The number of nitrogens with two attached hydrogens (primary N) is 1. The van der Waals surface area contributed by atoms with Crippen molar-refractivity contribution in [3.05, 3.63) is 0 Å². The molecule has 0 unspecified atom stereocenters. The molecule has 0 bridgehead atoms. The highest BCUT2D eigenvalue weighted by molar-refractivity contribution is 4.69. The minimum Gasteiger partial charge on any atom is -0.380 e. The molecule has 0 radical (unpaired) electrons. The first-order valence-electron chi connectivity index (χ1n) is 4.55. The van der Waals surface area contributed by atoms with Crippen LogP contribution in [0.5, 0.6) is 0 Å². The Hall–Kier alpha value is -0.0800.